The standard InChI is InChI=1S/C13H15N5O3/c1-20-11-3-2-10(17-18-11)13(19)15-8-5-7-21-12(8)9-4-6-14-16-9/h2-4,6,8,12H,5,7H2,1H3,(H,14,16)(H,15,19)/t8-,12-/m1/s1. The van der Waals surface area contributed by atoms with Gasteiger partial charge in [0.1, 0.15) is 6.10 Å². The summed E-state index contributed by atoms with van der Waals surface area (Å²) < 4.78 is 10.6. The molecule has 0 aromatic carbocycles. The van der Waals surface area contributed by atoms with Gasteiger partial charge in [0.2, 0.25) is 5.88 Å². The summed E-state index contributed by atoms with van der Waals surface area (Å²) in [6, 6.07) is 4.88. The molecular weight excluding hydrogens is 274 g/mol. The van der Waals surface area contributed by atoms with Gasteiger partial charge in [0.25, 0.3) is 5.91 Å². The van der Waals surface area contributed by atoms with Crippen molar-refractivity contribution in [3.05, 3.63) is 35.8 Å². The first-order valence-electron chi connectivity index (χ1n) is 6.57. The van der Waals surface area contributed by atoms with E-state index in [-0.39, 0.29) is 23.7 Å². The summed E-state index contributed by atoms with van der Waals surface area (Å²) >= 11 is 0. The molecule has 21 heavy (non-hydrogen) atoms. The molecule has 2 atom stereocenters. The molecule has 2 N–H and O–H groups in total. The molecule has 1 aliphatic heterocycles. The fourth-order valence-corrected chi connectivity index (χ4v) is 2.26. The van der Waals surface area contributed by atoms with Gasteiger partial charge in [-0.25, -0.2) is 0 Å². The van der Waals surface area contributed by atoms with E-state index in [1.54, 1.807) is 18.3 Å². The van der Waals surface area contributed by atoms with E-state index in [4.69, 9.17) is 9.47 Å². The Bertz CT molecular complexity index is 599. The molecule has 1 amide bonds. The Labute approximate surface area is 120 Å². The van der Waals surface area contributed by atoms with Crippen molar-refractivity contribution in [3.63, 3.8) is 0 Å². The number of methoxy groups -OCH3 is 1. The molecule has 3 heterocycles. The lowest BCUT2D eigenvalue weighted by molar-refractivity contribution is 0.0803. The van der Waals surface area contributed by atoms with E-state index in [0.29, 0.717) is 12.5 Å². The Balaban J connectivity index is 1.68. The highest BCUT2D eigenvalue weighted by Gasteiger charge is 2.32. The van der Waals surface area contributed by atoms with Crippen LogP contribution < -0.4 is 10.1 Å². The average Bonchev–Trinajstić information content (AvgIpc) is 3.18. The van der Waals surface area contributed by atoms with Crippen molar-refractivity contribution in [3.8, 4) is 5.88 Å². The van der Waals surface area contributed by atoms with Crippen LogP contribution in [0.25, 0.3) is 0 Å². The number of aromatic amines is 1. The Hall–Kier alpha value is -2.48. The smallest absolute Gasteiger partial charge is 0.272 e. The van der Waals surface area contributed by atoms with Gasteiger partial charge < -0.3 is 14.8 Å². The summed E-state index contributed by atoms with van der Waals surface area (Å²) in [5.41, 5.74) is 1.09. The monoisotopic (exact) mass is 289 g/mol. The number of aromatic nitrogens is 4. The number of hydrogen-bond donors (Lipinski definition) is 2. The molecule has 110 valence electrons. The van der Waals surface area contributed by atoms with E-state index in [1.807, 2.05) is 6.07 Å². The van der Waals surface area contributed by atoms with Crippen molar-refractivity contribution in [2.24, 2.45) is 0 Å². The van der Waals surface area contributed by atoms with Crippen LogP contribution in [0, 0.1) is 0 Å². The molecule has 0 spiro atoms. The lowest BCUT2D eigenvalue weighted by atomic mass is 10.1. The van der Waals surface area contributed by atoms with Crippen LogP contribution in [0.1, 0.15) is 28.7 Å². The molecule has 0 aliphatic carbocycles. The number of carbonyl (C=O) groups is 1. The van der Waals surface area contributed by atoms with Crippen molar-refractivity contribution in [1.29, 1.82) is 0 Å². The molecule has 1 saturated heterocycles. The number of nitrogens with zero attached hydrogens (tertiary/aromatic N) is 3. The fourth-order valence-electron chi connectivity index (χ4n) is 2.26. The average molecular weight is 289 g/mol. The van der Waals surface area contributed by atoms with E-state index in [1.165, 1.54) is 7.11 Å². The topological polar surface area (TPSA) is 102 Å². The first-order chi connectivity index (χ1) is 10.3. The minimum absolute atomic E-state index is 0.123. The van der Waals surface area contributed by atoms with Gasteiger partial charge >= 0.3 is 0 Å². The zero-order valence-corrected chi connectivity index (χ0v) is 11.4. The lowest BCUT2D eigenvalue weighted by Gasteiger charge is -2.18. The second-order valence-electron chi connectivity index (χ2n) is 4.63. The van der Waals surface area contributed by atoms with Crippen LogP contribution in [0.4, 0.5) is 0 Å². The first-order valence-corrected chi connectivity index (χ1v) is 6.57. The zero-order chi connectivity index (χ0) is 14.7. The van der Waals surface area contributed by atoms with Crippen LogP contribution in [-0.2, 0) is 4.74 Å². The van der Waals surface area contributed by atoms with Gasteiger partial charge in [0.15, 0.2) is 5.69 Å². The summed E-state index contributed by atoms with van der Waals surface area (Å²) in [5.74, 6) is 0.0799. The third kappa shape index (κ3) is 2.84. The van der Waals surface area contributed by atoms with Gasteiger partial charge in [-0.2, -0.15) is 5.10 Å². The molecule has 0 radical (unpaired) electrons. The van der Waals surface area contributed by atoms with E-state index >= 15 is 0 Å². The Morgan fingerprint density at radius 3 is 3.00 bits per heavy atom. The Kier molecular flexibility index (Phi) is 3.78. The van der Waals surface area contributed by atoms with Gasteiger partial charge in [-0.1, -0.05) is 0 Å². The maximum absolute atomic E-state index is 12.2. The molecule has 2 aromatic rings. The van der Waals surface area contributed by atoms with Crippen LogP contribution in [-0.4, -0.2) is 46.1 Å². The number of amides is 1. The van der Waals surface area contributed by atoms with Gasteiger partial charge in [0.05, 0.1) is 18.8 Å². The lowest BCUT2D eigenvalue weighted by Crippen LogP contribution is -2.37. The van der Waals surface area contributed by atoms with Crippen LogP contribution in [0.15, 0.2) is 24.4 Å². The molecule has 0 bridgehead atoms. The predicted octanol–water partition coefficient (Wildman–Crippen LogP) is 0.468. The minimum Gasteiger partial charge on any atom is -0.480 e. The van der Waals surface area contributed by atoms with Crippen LogP contribution in [0.5, 0.6) is 5.88 Å². The summed E-state index contributed by atoms with van der Waals surface area (Å²) in [6.45, 7) is 0.586. The quantitative estimate of drug-likeness (QED) is 0.848. The van der Waals surface area contributed by atoms with Crippen molar-refractivity contribution in [2.75, 3.05) is 13.7 Å². The van der Waals surface area contributed by atoms with Gasteiger partial charge in [-0.05, 0) is 18.6 Å². The second-order valence-corrected chi connectivity index (χ2v) is 4.63. The molecule has 1 fully saturated rings. The molecule has 2 aromatic heterocycles. The van der Waals surface area contributed by atoms with Crippen molar-refractivity contribution >= 4 is 5.91 Å². The Morgan fingerprint density at radius 1 is 1.43 bits per heavy atom. The van der Waals surface area contributed by atoms with E-state index < -0.39 is 0 Å². The maximum atomic E-state index is 12.2. The van der Waals surface area contributed by atoms with Crippen LogP contribution in [0.2, 0.25) is 0 Å². The third-order valence-electron chi connectivity index (χ3n) is 3.32. The summed E-state index contributed by atoms with van der Waals surface area (Å²) in [5, 5.41) is 17.3. The number of H-pyrrole nitrogens is 1. The van der Waals surface area contributed by atoms with Crippen molar-refractivity contribution < 1.29 is 14.3 Å². The van der Waals surface area contributed by atoms with Crippen LogP contribution in [0.3, 0.4) is 0 Å². The highest BCUT2D eigenvalue weighted by Crippen LogP contribution is 2.27. The van der Waals surface area contributed by atoms with E-state index in [9.17, 15) is 4.79 Å². The SMILES string of the molecule is COc1ccc(C(=O)N[C@@H]2CCO[C@H]2c2ccn[nH]2)nn1. The Morgan fingerprint density at radius 2 is 2.33 bits per heavy atom. The predicted molar refractivity (Wildman–Crippen MR) is 71.7 cm³/mol. The van der Waals surface area contributed by atoms with Gasteiger partial charge in [-0.3, -0.25) is 9.89 Å². The number of hydrogen-bond acceptors (Lipinski definition) is 6. The molecule has 1 aliphatic rings. The van der Waals surface area contributed by atoms with Crippen LogP contribution >= 0.6 is 0 Å². The highest BCUT2D eigenvalue weighted by atomic mass is 16.5. The molecule has 0 unspecified atom stereocenters. The van der Waals surface area contributed by atoms with E-state index in [2.05, 4.69) is 25.7 Å². The normalized spacial score (nSPS) is 21.2. The third-order valence-corrected chi connectivity index (χ3v) is 3.32. The second kappa shape index (κ2) is 5.88. The van der Waals surface area contributed by atoms with Crippen molar-refractivity contribution in [2.45, 2.75) is 18.6 Å². The van der Waals surface area contributed by atoms with Gasteiger partial charge in [-0.15, -0.1) is 10.2 Å². The largest absolute Gasteiger partial charge is 0.480 e. The van der Waals surface area contributed by atoms with Crippen molar-refractivity contribution in [1.82, 2.24) is 25.7 Å². The number of nitrogens with one attached hydrogen (secondary N) is 2. The van der Waals surface area contributed by atoms with Gasteiger partial charge in [0, 0.05) is 18.9 Å². The fraction of sp³-hybridized carbons (Fsp3) is 0.385. The molecule has 0 saturated carbocycles. The summed E-state index contributed by atoms with van der Waals surface area (Å²) in [7, 11) is 1.49. The summed E-state index contributed by atoms with van der Waals surface area (Å²) in [4.78, 5) is 12.2. The minimum atomic E-state index is -0.287. The molecule has 3 rings (SSSR count). The molecule has 8 heteroatoms. The van der Waals surface area contributed by atoms with E-state index in [0.717, 1.165) is 12.1 Å². The number of ether oxygens (including phenoxy) is 2. The maximum Gasteiger partial charge on any atom is 0.272 e. The highest BCUT2D eigenvalue weighted by molar-refractivity contribution is 5.92. The zero-order valence-electron chi connectivity index (χ0n) is 11.4. The first kappa shape index (κ1) is 13.5. The number of rotatable bonds is 4. The number of carbonyl (C=O) groups excluding carboxylic acids is 1. The molecular formula is C13H15N5O3. The summed E-state index contributed by atoms with van der Waals surface area (Å²) in [6.07, 6.45) is 2.17. The molecule has 8 nitrogen and oxygen atoms in total.